The quantitative estimate of drug-likeness (QED) is 0.548. The first-order valence-electron chi connectivity index (χ1n) is 12.5. The summed E-state index contributed by atoms with van der Waals surface area (Å²) >= 11 is 0. The monoisotopic (exact) mass is 487 g/mol. The van der Waals surface area contributed by atoms with Crippen molar-refractivity contribution in [3.8, 4) is 0 Å². The number of ether oxygens (including phenoxy) is 1. The fraction of sp³-hybridized carbons (Fsp3) is 0.407. The van der Waals surface area contributed by atoms with Gasteiger partial charge in [0, 0.05) is 36.8 Å². The molecule has 1 unspecified atom stereocenters. The average molecular weight is 488 g/mol. The highest BCUT2D eigenvalue weighted by Crippen LogP contribution is 2.39. The molecular weight excluding hydrogens is 458 g/mol. The molecular formula is C27H29N5O4. The number of carbonyl (C=O) groups is 3. The second kappa shape index (κ2) is 8.74. The number of nitrogens with one attached hydrogen (secondary N) is 2. The lowest BCUT2D eigenvalue weighted by atomic mass is 9.77. The van der Waals surface area contributed by atoms with Crippen LogP contribution in [0.2, 0.25) is 0 Å². The van der Waals surface area contributed by atoms with E-state index in [0.717, 1.165) is 24.8 Å². The number of nitrogens with zero attached hydrogens (tertiary/aromatic N) is 3. The maximum Gasteiger partial charge on any atom is 0.257 e. The smallest absolute Gasteiger partial charge is 0.257 e. The zero-order valence-electron chi connectivity index (χ0n) is 20.3. The molecule has 1 spiro atoms. The van der Waals surface area contributed by atoms with Gasteiger partial charge in [-0.15, -0.1) is 0 Å². The van der Waals surface area contributed by atoms with Crippen LogP contribution in [0.5, 0.6) is 0 Å². The summed E-state index contributed by atoms with van der Waals surface area (Å²) in [6, 6.07) is 12.2. The van der Waals surface area contributed by atoms with Gasteiger partial charge in [-0.25, -0.2) is 4.98 Å². The van der Waals surface area contributed by atoms with Gasteiger partial charge in [-0.1, -0.05) is 12.1 Å². The van der Waals surface area contributed by atoms with E-state index in [2.05, 4.69) is 17.6 Å². The molecule has 3 aromatic rings. The first-order chi connectivity index (χ1) is 17.4. The van der Waals surface area contributed by atoms with Gasteiger partial charge in [-0.3, -0.25) is 19.7 Å². The fourth-order valence-electron chi connectivity index (χ4n) is 5.46. The van der Waals surface area contributed by atoms with Gasteiger partial charge in [0.2, 0.25) is 5.95 Å². The molecule has 2 fully saturated rings. The molecule has 9 heteroatoms. The van der Waals surface area contributed by atoms with Crippen LogP contribution in [0.25, 0.3) is 11.0 Å². The Morgan fingerprint density at radius 2 is 1.81 bits per heavy atom. The van der Waals surface area contributed by atoms with E-state index in [9.17, 15) is 14.4 Å². The topological polar surface area (TPSA) is 106 Å². The number of likely N-dealkylation sites (tertiary alicyclic amines) is 1. The zero-order valence-corrected chi connectivity index (χ0v) is 20.3. The van der Waals surface area contributed by atoms with Gasteiger partial charge in [0.1, 0.15) is 0 Å². The maximum atomic E-state index is 13.5. The molecule has 3 aliphatic heterocycles. The van der Waals surface area contributed by atoms with Gasteiger partial charge in [0.15, 0.2) is 0 Å². The standard InChI is InChI=1S/C27H29N5O4/c1-17-6-2-3-11-28-23(33)18-7-4-8-19(12-18)24(34)30-26-29-21-10-5-9-20(22(21)32(17)26)25(35)31-13-27(14-31)15-36-16-27/h4-5,7-10,12,17H,2-3,6,11,13-16H2,1H3,(H,28,33)(H,29,30,34). The van der Waals surface area contributed by atoms with Crippen LogP contribution in [0.1, 0.15) is 63.3 Å². The molecule has 9 nitrogen and oxygen atoms in total. The number of anilines is 1. The van der Waals surface area contributed by atoms with E-state index < -0.39 is 0 Å². The van der Waals surface area contributed by atoms with Gasteiger partial charge in [-0.2, -0.15) is 0 Å². The first kappa shape index (κ1) is 22.7. The lowest BCUT2D eigenvalue weighted by molar-refractivity contribution is -0.176. The average Bonchev–Trinajstić information content (AvgIpc) is 3.19. The number of fused-ring (bicyclic) bond motifs is 5. The first-order valence-corrected chi connectivity index (χ1v) is 12.5. The lowest BCUT2D eigenvalue weighted by Gasteiger charge is -2.54. The molecule has 3 aliphatic rings. The van der Waals surface area contributed by atoms with Crippen LogP contribution in [0.15, 0.2) is 42.5 Å². The van der Waals surface area contributed by atoms with Gasteiger partial charge in [-0.05, 0) is 56.5 Å². The number of imidazole rings is 1. The number of para-hydroxylation sites is 1. The van der Waals surface area contributed by atoms with E-state index in [4.69, 9.17) is 9.72 Å². The van der Waals surface area contributed by atoms with E-state index in [1.807, 2.05) is 27.7 Å². The number of carbonyl (C=O) groups excluding carboxylic acids is 3. The van der Waals surface area contributed by atoms with E-state index >= 15 is 0 Å². The summed E-state index contributed by atoms with van der Waals surface area (Å²) < 4.78 is 7.36. The molecule has 6 rings (SSSR count). The van der Waals surface area contributed by atoms with Crippen LogP contribution in [0.4, 0.5) is 5.95 Å². The summed E-state index contributed by atoms with van der Waals surface area (Å²) in [6.07, 6.45) is 2.51. The Labute approximate surface area is 208 Å². The van der Waals surface area contributed by atoms with Crippen molar-refractivity contribution in [2.24, 2.45) is 5.41 Å². The number of amides is 3. The van der Waals surface area contributed by atoms with Gasteiger partial charge >= 0.3 is 0 Å². The Morgan fingerprint density at radius 3 is 2.56 bits per heavy atom. The van der Waals surface area contributed by atoms with Crippen LogP contribution >= 0.6 is 0 Å². The Hall–Kier alpha value is -3.72. The molecule has 2 bridgehead atoms. The van der Waals surface area contributed by atoms with Crippen LogP contribution in [0.3, 0.4) is 0 Å². The largest absolute Gasteiger partial charge is 0.380 e. The molecule has 0 saturated carbocycles. The molecule has 2 N–H and O–H groups in total. The number of hydrogen-bond donors (Lipinski definition) is 2. The highest BCUT2D eigenvalue weighted by molar-refractivity contribution is 6.08. The molecule has 3 amide bonds. The fourth-order valence-corrected chi connectivity index (χ4v) is 5.46. The number of aromatic nitrogens is 2. The molecule has 2 aromatic carbocycles. The predicted octanol–water partition coefficient (Wildman–Crippen LogP) is 3.24. The third kappa shape index (κ3) is 3.83. The second-order valence-corrected chi connectivity index (χ2v) is 10.3. The summed E-state index contributed by atoms with van der Waals surface area (Å²) in [6.45, 7) is 5.48. The minimum absolute atomic E-state index is 0.0193. The molecule has 186 valence electrons. The second-order valence-electron chi connectivity index (χ2n) is 10.3. The molecule has 0 radical (unpaired) electrons. The van der Waals surface area contributed by atoms with Crippen LogP contribution in [0, 0.1) is 5.41 Å². The Balaban J connectivity index is 1.40. The van der Waals surface area contributed by atoms with E-state index in [-0.39, 0.29) is 29.2 Å². The van der Waals surface area contributed by atoms with Crippen LogP contribution in [-0.4, -0.2) is 65.0 Å². The Morgan fingerprint density at radius 1 is 1.06 bits per heavy atom. The molecule has 1 aromatic heterocycles. The Bertz CT molecular complexity index is 1370. The van der Waals surface area contributed by atoms with Crippen molar-refractivity contribution in [3.63, 3.8) is 0 Å². The van der Waals surface area contributed by atoms with Crippen LogP contribution in [-0.2, 0) is 4.74 Å². The molecule has 0 aliphatic carbocycles. The van der Waals surface area contributed by atoms with Crippen LogP contribution < -0.4 is 10.6 Å². The zero-order chi connectivity index (χ0) is 24.9. The predicted molar refractivity (Wildman–Crippen MR) is 134 cm³/mol. The summed E-state index contributed by atoms with van der Waals surface area (Å²) in [5.41, 5.74) is 2.95. The maximum absolute atomic E-state index is 13.5. The van der Waals surface area contributed by atoms with Gasteiger partial charge in [0.05, 0.1) is 35.2 Å². The lowest BCUT2D eigenvalue weighted by Crippen LogP contribution is -2.67. The molecule has 2 saturated heterocycles. The summed E-state index contributed by atoms with van der Waals surface area (Å²) in [4.78, 5) is 45.9. The van der Waals surface area contributed by atoms with E-state index in [1.165, 1.54) is 0 Å². The third-order valence-electron chi connectivity index (χ3n) is 7.48. The molecule has 4 heterocycles. The summed E-state index contributed by atoms with van der Waals surface area (Å²) in [5, 5.41) is 5.89. The summed E-state index contributed by atoms with van der Waals surface area (Å²) in [5.74, 6) is -0.157. The number of rotatable bonds is 1. The highest BCUT2D eigenvalue weighted by atomic mass is 16.5. The van der Waals surface area contributed by atoms with Crippen molar-refractivity contribution < 1.29 is 19.1 Å². The van der Waals surface area contributed by atoms with Crippen molar-refractivity contribution in [3.05, 3.63) is 59.2 Å². The minimum atomic E-state index is -0.354. The van der Waals surface area contributed by atoms with Gasteiger partial charge < -0.3 is 19.5 Å². The molecule has 1 atom stereocenters. The molecule has 36 heavy (non-hydrogen) atoms. The van der Waals surface area contributed by atoms with Crippen molar-refractivity contribution in [2.75, 3.05) is 38.2 Å². The van der Waals surface area contributed by atoms with Crippen molar-refractivity contribution in [1.29, 1.82) is 0 Å². The summed E-state index contributed by atoms with van der Waals surface area (Å²) in [7, 11) is 0. The third-order valence-corrected chi connectivity index (χ3v) is 7.48. The van der Waals surface area contributed by atoms with E-state index in [1.54, 1.807) is 24.3 Å². The Kier molecular flexibility index (Phi) is 5.52. The number of benzene rings is 2. The van der Waals surface area contributed by atoms with Crippen molar-refractivity contribution in [1.82, 2.24) is 19.8 Å². The SMILES string of the molecule is CC1CCCCNC(=O)c2cccc(c2)C(=O)Nc2nc3cccc(C(=O)N4CC5(COC5)C4)c3n21. The normalized spacial score (nSPS) is 21.6. The highest BCUT2D eigenvalue weighted by Gasteiger charge is 2.51. The number of hydrogen-bond acceptors (Lipinski definition) is 5. The minimum Gasteiger partial charge on any atom is -0.380 e. The van der Waals surface area contributed by atoms with E-state index in [0.29, 0.717) is 61.0 Å². The van der Waals surface area contributed by atoms with Gasteiger partial charge in [0.25, 0.3) is 17.7 Å². The van der Waals surface area contributed by atoms with Crippen molar-refractivity contribution in [2.45, 2.75) is 32.2 Å². The van der Waals surface area contributed by atoms with Crippen molar-refractivity contribution >= 4 is 34.7 Å².